The molecule has 4 rings (SSSR count). The van der Waals surface area contributed by atoms with Gasteiger partial charge in [-0.15, -0.1) is 0 Å². The number of ether oxygens (including phenoxy) is 1. The Hall–Kier alpha value is -5.19. The molecular weight excluding hydrogens is 516 g/mol. The molecule has 3 aromatic carbocycles. The van der Waals surface area contributed by atoms with Gasteiger partial charge in [-0.2, -0.15) is 0 Å². The van der Waals surface area contributed by atoms with Gasteiger partial charge in [-0.05, 0) is 44.5 Å². The van der Waals surface area contributed by atoms with Crippen LogP contribution in [0.4, 0.5) is 16.2 Å². The Kier molecular flexibility index (Phi) is 7.85. The molecule has 0 spiro atoms. The number of rotatable bonds is 8. The van der Waals surface area contributed by atoms with Crippen LogP contribution in [0.25, 0.3) is 10.9 Å². The van der Waals surface area contributed by atoms with Gasteiger partial charge in [-0.25, -0.2) is 14.6 Å². The number of alkyl carbamates (subject to hydrolysis) is 1. The van der Waals surface area contributed by atoms with Crippen molar-refractivity contribution in [1.82, 2.24) is 10.3 Å². The van der Waals surface area contributed by atoms with E-state index in [1.165, 1.54) is 18.2 Å². The number of nitrogens with one attached hydrogen (secondary N) is 2. The number of hydrogen-bond donors (Lipinski definition) is 4. The highest BCUT2D eigenvalue weighted by Gasteiger charge is 2.25. The maximum absolute atomic E-state index is 12.1. The number of non-ortho nitro benzene ring substituents is 1. The lowest BCUT2D eigenvalue weighted by Gasteiger charge is -2.22. The van der Waals surface area contributed by atoms with Crippen molar-refractivity contribution in [1.29, 1.82) is 0 Å². The molecular formula is C29H28N4O7. The molecule has 206 valence electrons. The van der Waals surface area contributed by atoms with E-state index in [4.69, 9.17) is 9.73 Å². The van der Waals surface area contributed by atoms with Crippen LogP contribution in [0.2, 0.25) is 0 Å². The fourth-order valence-corrected chi connectivity index (χ4v) is 4.10. The van der Waals surface area contributed by atoms with Crippen molar-refractivity contribution >= 4 is 40.1 Å². The molecule has 0 radical (unpaired) electrons. The van der Waals surface area contributed by atoms with Gasteiger partial charge in [0.15, 0.2) is 5.88 Å². The van der Waals surface area contributed by atoms with Gasteiger partial charge in [0.1, 0.15) is 11.6 Å². The minimum atomic E-state index is -1.21. The molecule has 1 heterocycles. The van der Waals surface area contributed by atoms with Crippen LogP contribution < -0.4 is 5.32 Å². The number of fused-ring (bicyclic) bond motifs is 1. The molecule has 0 saturated carbocycles. The van der Waals surface area contributed by atoms with Gasteiger partial charge in [0.25, 0.3) is 5.69 Å². The molecule has 1 atom stereocenters. The van der Waals surface area contributed by atoms with Gasteiger partial charge in [0.05, 0.1) is 21.9 Å². The highest BCUT2D eigenvalue weighted by Crippen LogP contribution is 2.33. The number of carbonyl (C=O) groups excluding carboxylic acids is 1. The number of H-pyrrole nitrogens is 1. The van der Waals surface area contributed by atoms with Gasteiger partial charge in [-0.3, -0.25) is 10.1 Å². The van der Waals surface area contributed by atoms with Gasteiger partial charge in [0, 0.05) is 35.0 Å². The summed E-state index contributed by atoms with van der Waals surface area (Å²) < 4.78 is 5.17. The molecule has 1 amide bonds. The SMILES string of the molecule is CC(C)(C)OC(=O)NC(Cc1ccc(N=C(c2ccccc2)c2c(O)[nH]c3ccc([N+](=O)[O-])cc23)cc1)C(=O)O. The highest BCUT2D eigenvalue weighted by molar-refractivity contribution is 6.22. The van der Waals surface area contributed by atoms with E-state index in [2.05, 4.69) is 10.3 Å². The molecule has 1 unspecified atom stereocenters. The van der Waals surface area contributed by atoms with Crippen LogP contribution in [0.1, 0.15) is 37.5 Å². The molecule has 11 heteroatoms. The second-order valence-electron chi connectivity index (χ2n) is 10.1. The Morgan fingerprint density at radius 1 is 1.07 bits per heavy atom. The molecule has 0 aliphatic heterocycles. The average molecular weight is 545 g/mol. The van der Waals surface area contributed by atoms with E-state index >= 15 is 0 Å². The van der Waals surface area contributed by atoms with Crippen molar-refractivity contribution in [3.8, 4) is 5.88 Å². The Bertz CT molecular complexity index is 1590. The topological polar surface area (TPSA) is 167 Å². The van der Waals surface area contributed by atoms with E-state index < -0.39 is 28.6 Å². The molecule has 0 saturated heterocycles. The number of carboxylic acid groups (broad SMARTS) is 1. The number of amides is 1. The third-order valence-electron chi connectivity index (χ3n) is 5.86. The first-order chi connectivity index (χ1) is 18.9. The summed E-state index contributed by atoms with van der Waals surface area (Å²) in [6.07, 6.45) is -0.816. The number of aliphatic imine (C=N–C) groups is 1. The predicted molar refractivity (Wildman–Crippen MR) is 149 cm³/mol. The maximum atomic E-state index is 12.1. The number of nitro groups is 1. The fourth-order valence-electron chi connectivity index (χ4n) is 4.10. The van der Waals surface area contributed by atoms with E-state index in [0.29, 0.717) is 39.0 Å². The van der Waals surface area contributed by atoms with Crippen LogP contribution in [0.15, 0.2) is 77.8 Å². The van der Waals surface area contributed by atoms with Crippen LogP contribution in [-0.4, -0.2) is 49.5 Å². The first kappa shape index (κ1) is 27.8. The minimum Gasteiger partial charge on any atom is -0.494 e. The second kappa shape index (κ2) is 11.3. The van der Waals surface area contributed by atoms with Crippen LogP contribution in [-0.2, 0) is 16.0 Å². The number of carbonyl (C=O) groups is 2. The van der Waals surface area contributed by atoms with Crippen molar-refractivity contribution in [2.24, 2.45) is 4.99 Å². The number of aromatic amines is 1. The lowest BCUT2D eigenvalue weighted by atomic mass is 10.0. The first-order valence-corrected chi connectivity index (χ1v) is 12.4. The van der Waals surface area contributed by atoms with E-state index in [0.717, 1.165) is 0 Å². The van der Waals surface area contributed by atoms with Gasteiger partial charge >= 0.3 is 12.1 Å². The molecule has 4 aromatic rings. The van der Waals surface area contributed by atoms with E-state index in [-0.39, 0.29) is 18.0 Å². The minimum absolute atomic E-state index is 0.0109. The lowest BCUT2D eigenvalue weighted by Crippen LogP contribution is -2.44. The Balaban J connectivity index is 1.68. The molecule has 0 aliphatic carbocycles. The third kappa shape index (κ3) is 6.62. The molecule has 40 heavy (non-hydrogen) atoms. The number of aromatic nitrogens is 1. The Morgan fingerprint density at radius 3 is 2.35 bits per heavy atom. The fraction of sp³-hybridized carbons (Fsp3) is 0.207. The van der Waals surface area contributed by atoms with Crippen LogP contribution in [0.3, 0.4) is 0 Å². The number of carboxylic acids is 1. The predicted octanol–water partition coefficient (Wildman–Crippen LogP) is 5.47. The number of nitro benzene ring substituents is 1. The van der Waals surface area contributed by atoms with Gasteiger partial charge < -0.3 is 25.3 Å². The van der Waals surface area contributed by atoms with Crippen LogP contribution in [0.5, 0.6) is 5.88 Å². The largest absolute Gasteiger partial charge is 0.494 e. The molecule has 0 aliphatic rings. The second-order valence-corrected chi connectivity index (χ2v) is 10.1. The summed E-state index contributed by atoms with van der Waals surface area (Å²) >= 11 is 0. The third-order valence-corrected chi connectivity index (χ3v) is 5.86. The summed E-state index contributed by atoms with van der Waals surface area (Å²) in [4.78, 5) is 42.3. The van der Waals surface area contributed by atoms with Crippen molar-refractivity contribution in [3.63, 3.8) is 0 Å². The summed E-state index contributed by atoms with van der Waals surface area (Å²) in [5.41, 5.74) is 2.10. The maximum Gasteiger partial charge on any atom is 0.408 e. The first-order valence-electron chi connectivity index (χ1n) is 12.4. The number of aromatic hydroxyl groups is 1. The zero-order valence-corrected chi connectivity index (χ0v) is 22.0. The summed E-state index contributed by atoms with van der Waals surface area (Å²) in [5.74, 6) is -1.39. The zero-order valence-electron chi connectivity index (χ0n) is 22.0. The van der Waals surface area contributed by atoms with Gasteiger partial charge in [0.2, 0.25) is 0 Å². The smallest absolute Gasteiger partial charge is 0.408 e. The van der Waals surface area contributed by atoms with E-state index in [1.807, 2.05) is 30.3 Å². The lowest BCUT2D eigenvalue weighted by molar-refractivity contribution is -0.384. The standard InChI is InChI=1S/C29H28N4O7/c1-29(2,3)40-28(37)32-23(27(35)36)15-17-9-11-19(12-10-17)30-25(18-7-5-4-6-8-18)24-21-16-20(33(38)39)13-14-22(21)31-26(24)34/h4-14,16,23,31,34H,15H2,1-3H3,(H,32,37)(H,35,36). The quantitative estimate of drug-likeness (QED) is 0.130. The summed E-state index contributed by atoms with van der Waals surface area (Å²) in [6, 6.07) is 18.9. The molecule has 1 aromatic heterocycles. The number of benzene rings is 3. The normalized spacial score (nSPS) is 12.6. The van der Waals surface area contributed by atoms with Crippen molar-refractivity contribution < 1.29 is 29.5 Å². The monoisotopic (exact) mass is 544 g/mol. The zero-order chi connectivity index (χ0) is 29.0. The van der Waals surface area contributed by atoms with Crippen molar-refractivity contribution in [3.05, 3.63) is 99.6 Å². The molecule has 11 nitrogen and oxygen atoms in total. The summed E-state index contributed by atoms with van der Waals surface area (Å²) in [6.45, 7) is 5.05. The summed E-state index contributed by atoms with van der Waals surface area (Å²) in [7, 11) is 0. The molecule has 4 N–H and O–H groups in total. The number of nitrogens with zero attached hydrogens (tertiary/aromatic N) is 2. The van der Waals surface area contributed by atoms with Gasteiger partial charge in [-0.1, -0.05) is 42.5 Å². The number of hydrogen-bond acceptors (Lipinski definition) is 7. The highest BCUT2D eigenvalue weighted by atomic mass is 16.6. The molecule has 0 fully saturated rings. The number of aliphatic carboxylic acids is 1. The van der Waals surface area contributed by atoms with Crippen molar-refractivity contribution in [2.75, 3.05) is 0 Å². The average Bonchev–Trinajstić information content (AvgIpc) is 3.21. The molecule has 0 bridgehead atoms. The van der Waals surface area contributed by atoms with Crippen molar-refractivity contribution in [2.45, 2.75) is 38.8 Å². The Labute approximate surface area is 229 Å². The van der Waals surface area contributed by atoms with E-state index in [9.17, 15) is 29.9 Å². The summed E-state index contributed by atoms with van der Waals surface area (Å²) in [5, 5.41) is 34.6. The van der Waals surface area contributed by atoms with Crippen LogP contribution >= 0.6 is 0 Å². The van der Waals surface area contributed by atoms with Crippen LogP contribution in [0, 0.1) is 10.1 Å². The Morgan fingerprint density at radius 2 is 1.75 bits per heavy atom. The van der Waals surface area contributed by atoms with E-state index in [1.54, 1.807) is 45.0 Å².